The van der Waals surface area contributed by atoms with Gasteiger partial charge in [-0.05, 0) is 68.2 Å². The first-order chi connectivity index (χ1) is 21.9. The molecule has 0 saturated heterocycles. The number of furan rings is 1. The molecule has 0 aliphatic carbocycles. The summed E-state index contributed by atoms with van der Waals surface area (Å²) in [5.41, 5.74) is 1.62. The number of ether oxygens (including phenoxy) is 1. The Morgan fingerprint density at radius 2 is 1.74 bits per heavy atom. The zero-order valence-corrected chi connectivity index (χ0v) is 24.9. The summed E-state index contributed by atoms with van der Waals surface area (Å²) < 4.78 is 53.8. The van der Waals surface area contributed by atoms with Crippen molar-refractivity contribution in [3.8, 4) is 5.75 Å². The molecule has 2 aromatic carbocycles. The Morgan fingerprint density at radius 1 is 1.07 bits per heavy atom. The molecule has 240 valence electrons. The van der Waals surface area contributed by atoms with Gasteiger partial charge in [-0.15, -0.1) is 0 Å². The third kappa shape index (κ3) is 9.23. The summed E-state index contributed by atoms with van der Waals surface area (Å²) in [4.78, 5) is 25.7. The van der Waals surface area contributed by atoms with Crippen molar-refractivity contribution in [1.29, 1.82) is 10.8 Å². The van der Waals surface area contributed by atoms with Gasteiger partial charge in [0.2, 0.25) is 5.62 Å². The monoisotopic (exact) mass is 637 g/mol. The minimum atomic E-state index is -5.12. The fourth-order valence-corrected chi connectivity index (χ4v) is 4.57. The van der Waals surface area contributed by atoms with Gasteiger partial charge in [-0.3, -0.25) is 15.6 Å². The number of amides is 1. The van der Waals surface area contributed by atoms with E-state index < -0.39 is 19.1 Å². The summed E-state index contributed by atoms with van der Waals surface area (Å²) in [5, 5.41) is 31.3. The van der Waals surface area contributed by atoms with Crippen molar-refractivity contribution >= 4 is 49.2 Å². The molecule has 0 aliphatic rings. The molecular weight excluding hydrogens is 605 g/mol. The van der Waals surface area contributed by atoms with Crippen LogP contribution in [-0.4, -0.2) is 65.2 Å². The van der Waals surface area contributed by atoms with Crippen LogP contribution >= 0.6 is 0 Å². The SMILES string of the molecule is CB(O)NC(=N)c1ccc(OCCCn2ccn(CCCc3cc4cc(C(=N)NBC=O)ccc4o3)/c2=N\C(=O)C(F)(F)F)cc1. The minimum absolute atomic E-state index is 0.0243. The molecule has 2 aromatic heterocycles. The molecule has 0 unspecified atom stereocenters. The third-order valence-corrected chi connectivity index (χ3v) is 6.73. The van der Waals surface area contributed by atoms with E-state index in [0.717, 1.165) is 5.39 Å². The lowest BCUT2D eigenvalue weighted by Crippen LogP contribution is -2.36. The van der Waals surface area contributed by atoms with Crippen LogP contribution in [0, 0.1) is 10.8 Å². The van der Waals surface area contributed by atoms with Gasteiger partial charge in [0.05, 0.1) is 6.61 Å². The highest BCUT2D eigenvalue weighted by Gasteiger charge is 2.38. The average Bonchev–Trinajstić information content (AvgIpc) is 3.60. The van der Waals surface area contributed by atoms with Crippen molar-refractivity contribution < 1.29 is 36.9 Å². The molecule has 0 saturated carbocycles. The Balaban J connectivity index is 1.38. The maximum Gasteiger partial charge on any atom is 0.473 e. The minimum Gasteiger partial charge on any atom is -0.494 e. The maximum atomic E-state index is 13.1. The van der Waals surface area contributed by atoms with Crippen molar-refractivity contribution in [3.63, 3.8) is 0 Å². The van der Waals surface area contributed by atoms with Crippen molar-refractivity contribution in [2.75, 3.05) is 6.61 Å². The first-order valence-corrected chi connectivity index (χ1v) is 14.4. The predicted molar refractivity (Wildman–Crippen MR) is 168 cm³/mol. The largest absolute Gasteiger partial charge is 0.494 e. The average molecular weight is 637 g/mol. The van der Waals surface area contributed by atoms with Crippen LogP contribution in [0.3, 0.4) is 0 Å². The molecule has 5 N–H and O–H groups in total. The molecule has 4 aromatic rings. The van der Waals surface area contributed by atoms with Crippen LogP contribution in [0.15, 0.2) is 70.3 Å². The van der Waals surface area contributed by atoms with E-state index in [4.69, 9.17) is 20.0 Å². The normalized spacial score (nSPS) is 11.7. The highest BCUT2D eigenvalue weighted by atomic mass is 19.4. The first kappa shape index (κ1) is 33.8. The molecule has 17 heteroatoms. The topological polar surface area (TPSA) is 171 Å². The van der Waals surface area contributed by atoms with Gasteiger partial charge in [-0.25, -0.2) is 0 Å². The number of nitrogens with zero attached hydrogens (tertiary/aromatic N) is 3. The first-order valence-electron chi connectivity index (χ1n) is 14.4. The molecule has 0 fully saturated rings. The summed E-state index contributed by atoms with van der Waals surface area (Å²) in [6, 6.07) is 13.7. The molecule has 1 amide bonds. The predicted octanol–water partition coefficient (Wildman–Crippen LogP) is 2.61. The number of hydrogen-bond donors (Lipinski definition) is 5. The fourth-order valence-electron chi connectivity index (χ4n) is 4.57. The molecule has 0 radical (unpaired) electrons. The fraction of sp³-hybridized carbons (Fsp3) is 0.276. The lowest BCUT2D eigenvalue weighted by molar-refractivity contribution is -0.169. The van der Waals surface area contributed by atoms with Crippen LogP contribution in [0.1, 0.15) is 29.7 Å². The van der Waals surface area contributed by atoms with E-state index in [1.54, 1.807) is 54.9 Å². The molecule has 2 heterocycles. The molecule has 0 atom stereocenters. The quantitative estimate of drug-likeness (QED) is 0.0465. The number of carbonyl (C=O) groups is 2. The zero-order valence-electron chi connectivity index (χ0n) is 24.9. The van der Waals surface area contributed by atoms with Crippen LogP contribution in [0.5, 0.6) is 5.75 Å². The Kier molecular flexibility index (Phi) is 11.2. The Morgan fingerprint density at radius 3 is 2.39 bits per heavy atom. The highest BCUT2D eigenvalue weighted by Crippen LogP contribution is 2.22. The molecule has 0 spiro atoms. The van der Waals surface area contributed by atoms with Gasteiger partial charge in [-0.1, -0.05) is 0 Å². The lowest BCUT2D eigenvalue weighted by atomic mass is 9.88. The van der Waals surface area contributed by atoms with Crippen LogP contribution in [0.4, 0.5) is 13.2 Å². The van der Waals surface area contributed by atoms with Crippen LogP contribution in [0.25, 0.3) is 11.0 Å². The van der Waals surface area contributed by atoms with E-state index in [-0.39, 0.29) is 44.4 Å². The van der Waals surface area contributed by atoms with Crippen molar-refractivity contribution in [3.05, 3.63) is 83.4 Å². The van der Waals surface area contributed by atoms with Crippen molar-refractivity contribution in [2.24, 2.45) is 4.99 Å². The molecule has 0 aliphatic heterocycles. The number of nitrogens with one attached hydrogen (secondary N) is 4. The van der Waals surface area contributed by atoms with Gasteiger partial charge in [0.1, 0.15) is 34.9 Å². The van der Waals surface area contributed by atoms with Gasteiger partial charge in [0.25, 0.3) is 0 Å². The van der Waals surface area contributed by atoms with Crippen LogP contribution < -0.4 is 20.8 Å². The second-order valence-corrected chi connectivity index (χ2v) is 10.3. The number of benzene rings is 2. The number of rotatable bonds is 14. The van der Waals surface area contributed by atoms with E-state index in [2.05, 4.69) is 15.4 Å². The van der Waals surface area contributed by atoms with Gasteiger partial charge in [-0.2, -0.15) is 18.2 Å². The van der Waals surface area contributed by atoms with E-state index >= 15 is 0 Å². The number of aromatic nitrogens is 2. The molecule has 0 bridgehead atoms. The summed E-state index contributed by atoms with van der Waals surface area (Å²) in [7, 11) is -0.845. The van der Waals surface area contributed by atoms with Crippen molar-refractivity contribution in [1.82, 2.24) is 19.6 Å². The maximum absolute atomic E-state index is 13.1. The van der Waals surface area contributed by atoms with Gasteiger partial charge >= 0.3 is 26.5 Å². The van der Waals surface area contributed by atoms with E-state index in [9.17, 15) is 27.8 Å². The van der Waals surface area contributed by atoms with E-state index in [1.807, 2.05) is 6.07 Å². The highest BCUT2D eigenvalue weighted by molar-refractivity contribution is 6.67. The summed E-state index contributed by atoms with van der Waals surface area (Å²) >= 11 is 0. The number of halogens is 3. The van der Waals surface area contributed by atoms with Gasteiger partial charge in [0.15, 0.2) is 0 Å². The van der Waals surface area contributed by atoms with E-state index in [0.29, 0.717) is 53.7 Å². The molecular formula is C29H32B2F3N7O5. The summed E-state index contributed by atoms with van der Waals surface area (Å²) in [6.07, 6.45) is 0.0199. The van der Waals surface area contributed by atoms with Crippen molar-refractivity contribution in [2.45, 2.75) is 45.4 Å². The number of carbonyl (C=O) groups excluding carboxylic acids is 2. The Bertz CT molecular complexity index is 1770. The number of alkyl halides is 3. The smallest absolute Gasteiger partial charge is 0.473 e. The second kappa shape index (κ2) is 15.3. The molecule has 12 nitrogen and oxygen atoms in total. The zero-order chi connectivity index (χ0) is 33.3. The number of fused-ring (bicyclic) bond motifs is 1. The number of aryl methyl sites for hydroxylation is 3. The Hall–Kier alpha value is -5.05. The molecule has 46 heavy (non-hydrogen) atoms. The molecule has 4 rings (SSSR count). The van der Waals surface area contributed by atoms with Crippen LogP contribution in [0.2, 0.25) is 6.82 Å². The second-order valence-electron chi connectivity index (χ2n) is 10.3. The van der Waals surface area contributed by atoms with E-state index in [1.165, 1.54) is 16.0 Å². The standard InChI is InChI=1S/C29H32B2F3N7O5/c1-31(44)39-26(36)19-5-8-22(9-6-19)45-15-3-12-41-14-13-40(28(41)37-27(43)29(32,33)34)11-2-4-23-17-21-16-20(7-10-24(21)46-23)25(35)38-30-18-42/h5-10,13-14,16-18,30,44H,2-4,11-12,15H2,1H3,(H2,35,38)(H2,36,39)/b37-28+. The number of imidazole rings is 1. The van der Waals surface area contributed by atoms with Gasteiger partial charge in [0, 0.05) is 48.4 Å². The van der Waals surface area contributed by atoms with Gasteiger partial charge < -0.3 is 38.6 Å². The number of hydrogen-bond acceptors (Lipinski definition) is 7. The summed E-state index contributed by atoms with van der Waals surface area (Å²) in [6.45, 7) is 2.23. The summed E-state index contributed by atoms with van der Waals surface area (Å²) in [5.74, 6) is -0.863. The van der Waals surface area contributed by atoms with Crippen LogP contribution in [-0.2, 0) is 29.1 Å². The Labute approximate surface area is 262 Å². The number of amidine groups is 2. The lowest BCUT2D eigenvalue weighted by Gasteiger charge is -2.10. The third-order valence-electron chi connectivity index (χ3n) is 6.73.